The number of anilines is 1. The number of piperidine rings is 1. The lowest BCUT2D eigenvalue weighted by Gasteiger charge is -2.37. The molecule has 1 aromatic heterocycles. The molecule has 1 aliphatic heterocycles. The molecule has 10 heteroatoms. The van der Waals surface area contributed by atoms with Crippen LogP contribution in [0.2, 0.25) is 0 Å². The van der Waals surface area contributed by atoms with Crippen molar-refractivity contribution in [1.29, 1.82) is 0 Å². The number of aliphatic imine (C=N–C) groups is 1. The fourth-order valence-corrected chi connectivity index (χ4v) is 4.11. The summed E-state index contributed by atoms with van der Waals surface area (Å²) in [5.74, 6) is -1.25. The number of nitrogens with zero attached hydrogens (tertiary/aromatic N) is 3. The molecule has 29 heavy (non-hydrogen) atoms. The molecule has 1 unspecified atom stereocenters. The number of nitrogens with one attached hydrogen (secondary N) is 1. The maximum atomic E-state index is 12.5. The highest BCUT2D eigenvalue weighted by molar-refractivity contribution is 7.17. The lowest BCUT2D eigenvalue weighted by Crippen LogP contribution is -2.55. The zero-order valence-corrected chi connectivity index (χ0v) is 18.9. The summed E-state index contributed by atoms with van der Waals surface area (Å²) in [5.41, 5.74) is 1.70. The second kappa shape index (κ2) is 10.2. The number of ether oxygens (including phenoxy) is 1. The Morgan fingerprint density at radius 1 is 1.41 bits per heavy atom. The number of hydrogen-bond acceptors (Lipinski definition) is 7. The van der Waals surface area contributed by atoms with Gasteiger partial charge in [0.25, 0.3) is 5.91 Å². The number of aromatic carboxylic acids is 1. The molecule has 2 N–H and O–H groups in total. The zero-order valence-electron chi connectivity index (χ0n) is 17.3. The summed E-state index contributed by atoms with van der Waals surface area (Å²) in [6.07, 6.45) is 0.935. The van der Waals surface area contributed by atoms with Gasteiger partial charge >= 0.3 is 5.97 Å². The predicted octanol–water partition coefficient (Wildman–Crippen LogP) is 3.06. The smallest absolute Gasteiger partial charge is 0.347 e. The second-order valence-electron chi connectivity index (χ2n) is 7.01. The molecule has 160 valence electrons. The first kappa shape index (κ1) is 23.3. The van der Waals surface area contributed by atoms with Gasteiger partial charge in [-0.2, -0.15) is 0 Å². The number of methoxy groups -OCH3 is 1. The van der Waals surface area contributed by atoms with Crippen molar-refractivity contribution in [2.24, 2.45) is 4.99 Å². The van der Waals surface area contributed by atoms with Crippen molar-refractivity contribution < 1.29 is 19.4 Å². The highest BCUT2D eigenvalue weighted by Crippen LogP contribution is 2.29. The van der Waals surface area contributed by atoms with E-state index in [9.17, 15) is 14.7 Å². The van der Waals surface area contributed by atoms with Crippen LogP contribution in [-0.4, -0.2) is 60.0 Å². The number of carbonyl (C=O) groups is 2. The minimum absolute atomic E-state index is 0.191. The summed E-state index contributed by atoms with van der Waals surface area (Å²) in [7, 11) is 1.59. The number of carboxylic acids is 1. The van der Waals surface area contributed by atoms with Crippen LogP contribution in [0.5, 0.6) is 0 Å². The maximum absolute atomic E-state index is 12.5. The van der Waals surface area contributed by atoms with Crippen LogP contribution >= 0.6 is 22.9 Å². The SMILES string of the molecule is CCc1nc(N2CCC(NC(=O)/C(C)=N/C(Cl)=C(C)C)[C@@H](OC)C2)sc1C(=O)O. The largest absolute Gasteiger partial charge is 0.477 e. The van der Waals surface area contributed by atoms with Gasteiger partial charge in [0.2, 0.25) is 0 Å². The van der Waals surface area contributed by atoms with E-state index >= 15 is 0 Å². The van der Waals surface area contributed by atoms with E-state index in [0.717, 1.165) is 5.57 Å². The molecule has 1 aromatic rings. The maximum Gasteiger partial charge on any atom is 0.347 e. The van der Waals surface area contributed by atoms with Crippen molar-refractivity contribution in [2.45, 2.75) is 52.7 Å². The molecule has 8 nitrogen and oxygen atoms in total. The first-order valence-electron chi connectivity index (χ1n) is 9.37. The standard InChI is InChI=1S/C19H27ClN4O4S/c1-6-12-15(18(26)27)29-19(23-12)24-8-7-13(14(9-24)28-5)22-17(25)11(4)21-16(20)10(2)3/h13-14H,6-9H2,1-5H3,(H,22,25)(H,26,27)/b21-11+/t13?,14-/m0/s1. The molecular weight excluding hydrogens is 416 g/mol. The first-order chi connectivity index (χ1) is 13.7. The molecule has 2 atom stereocenters. The van der Waals surface area contributed by atoms with Gasteiger partial charge in [-0.15, -0.1) is 0 Å². The molecule has 2 rings (SSSR count). The van der Waals surface area contributed by atoms with Gasteiger partial charge < -0.3 is 20.1 Å². The number of amides is 1. The third kappa shape index (κ3) is 5.77. The van der Waals surface area contributed by atoms with Gasteiger partial charge in [-0.25, -0.2) is 14.8 Å². The average molecular weight is 443 g/mol. The van der Waals surface area contributed by atoms with E-state index in [1.54, 1.807) is 14.0 Å². The zero-order chi connectivity index (χ0) is 21.7. The quantitative estimate of drug-likeness (QED) is 0.496. The Bertz CT molecular complexity index is 832. The van der Waals surface area contributed by atoms with Gasteiger partial charge in [0.15, 0.2) is 5.13 Å². The third-order valence-electron chi connectivity index (χ3n) is 4.67. The Labute approximate surface area is 179 Å². The third-order valence-corrected chi connectivity index (χ3v) is 6.28. The molecule has 2 heterocycles. The number of hydrogen-bond donors (Lipinski definition) is 2. The van der Waals surface area contributed by atoms with Gasteiger partial charge in [-0.1, -0.05) is 29.9 Å². The number of thiazole rings is 1. The van der Waals surface area contributed by atoms with Crippen LogP contribution in [0.15, 0.2) is 15.7 Å². The number of carboxylic acid groups (broad SMARTS) is 1. The Morgan fingerprint density at radius 2 is 2.10 bits per heavy atom. The van der Waals surface area contributed by atoms with E-state index in [-0.39, 0.29) is 28.6 Å². The van der Waals surface area contributed by atoms with Crippen LogP contribution in [0, 0.1) is 0 Å². The van der Waals surface area contributed by atoms with Crippen LogP contribution < -0.4 is 10.2 Å². The number of allylic oxidation sites excluding steroid dienone is 1. The minimum Gasteiger partial charge on any atom is -0.477 e. The number of carbonyl (C=O) groups excluding carboxylic acids is 1. The molecule has 1 fully saturated rings. The van der Waals surface area contributed by atoms with Gasteiger partial charge in [-0.3, -0.25) is 4.79 Å². The fraction of sp³-hybridized carbons (Fsp3) is 0.579. The summed E-state index contributed by atoms with van der Waals surface area (Å²) in [4.78, 5) is 34.8. The van der Waals surface area contributed by atoms with Crippen LogP contribution in [0.4, 0.5) is 5.13 Å². The van der Waals surface area contributed by atoms with Crippen LogP contribution in [0.25, 0.3) is 0 Å². The topological polar surface area (TPSA) is 104 Å². The molecule has 1 amide bonds. The number of halogens is 1. The van der Waals surface area contributed by atoms with E-state index < -0.39 is 5.97 Å². The number of rotatable bonds is 7. The van der Waals surface area contributed by atoms with Crippen LogP contribution in [0.1, 0.15) is 49.5 Å². The summed E-state index contributed by atoms with van der Waals surface area (Å²) < 4.78 is 5.60. The highest BCUT2D eigenvalue weighted by Gasteiger charge is 2.33. The van der Waals surface area contributed by atoms with Crippen molar-refractivity contribution in [1.82, 2.24) is 10.3 Å². The van der Waals surface area contributed by atoms with Crippen molar-refractivity contribution >= 4 is 45.7 Å². The van der Waals surface area contributed by atoms with Crippen molar-refractivity contribution in [2.75, 3.05) is 25.1 Å². The molecule has 1 aliphatic rings. The van der Waals surface area contributed by atoms with E-state index in [2.05, 4.69) is 15.3 Å². The van der Waals surface area contributed by atoms with Crippen molar-refractivity contribution in [3.05, 3.63) is 21.3 Å². The predicted molar refractivity (Wildman–Crippen MR) is 115 cm³/mol. The molecule has 0 saturated carbocycles. The summed E-state index contributed by atoms with van der Waals surface area (Å²) in [5, 5.41) is 13.3. The molecule has 0 aliphatic carbocycles. The number of aryl methyl sites for hydroxylation is 1. The van der Waals surface area contributed by atoms with E-state index in [1.807, 2.05) is 25.7 Å². The fourth-order valence-electron chi connectivity index (χ4n) is 2.96. The molecule has 1 saturated heterocycles. The molecule has 0 radical (unpaired) electrons. The van der Waals surface area contributed by atoms with Gasteiger partial charge in [0.05, 0.1) is 17.8 Å². The average Bonchev–Trinajstić information content (AvgIpc) is 3.12. The Morgan fingerprint density at radius 3 is 2.62 bits per heavy atom. The Hall–Kier alpha value is -1.97. The van der Waals surface area contributed by atoms with Crippen LogP contribution in [-0.2, 0) is 16.0 Å². The molecule has 0 spiro atoms. The normalized spacial score (nSPS) is 19.8. The van der Waals surface area contributed by atoms with Gasteiger partial charge in [0, 0.05) is 20.2 Å². The first-order valence-corrected chi connectivity index (χ1v) is 10.6. The monoisotopic (exact) mass is 442 g/mol. The van der Waals surface area contributed by atoms with E-state index in [1.165, 1.54) is 11.3 Å². The minimum atomic E-state index is -0.958. The summed E-state index contributed by atoms with van der Waals surface area (Å²) in [6, 6.07) is -0.191. The second-order valence-corrected chi connectivity index (χ2v) is 8.34. The summed E-state index contributed by atoms with van der Waals surface area (Å²) in [6.45, 7) is 8.29. The lowest BCUT2D eigenvalue weighted by molar-refractivity contribution is -0.116. The van der Waals surface area contributed by atoms with E-state index in [4.69, 9.17) is 16.3 Å². The van der Waals surface area contributed by atoms with Gasteiger partial charge in [0.1, 0.15) is 15.7 Å². The van der Waals surface area contributed by atoms with Crippen molar-refractivity contribution in [3.63, 3.8) is 0 Å². The van der Waals surface area contributed by atoms with Gasteiger partial charge in [-0.05, 0) is 39.2 Å². The highest BCUT2D eigenvalue weighted by atomic mass is 35.5. The molecule has 0 bridgehead atoms. The Balaban J connectivity index is 2.09. The summed E-state index contributed by atoms with van der Waals surface area (Å²) >= 11 is 7.20. The molecule has 0 aromatic carbocycles. The Kier molecular flexibility index (Phi) is 8.18. The van der Waals surface area contributed by atoms with Crippen LogP contribution in [0.3, 0.4) is 0 Å². The van der Waals surface area contributed by atoms with E-state index in [0.29, 0.717) is 41.9 Å². The number of aromatic nitrogens is 1. The molecular formula is C19H27ClN4O4S. The lowest BCUT2D eigenvalue weighted by atomic mass is 10.0. The van der Waals surface area contributed by atoms with Crippen molar-refractivity contribution in [3.8, 4) is 0 Å².